The lowest BCUT2D eigenvalue weighted by Gasteiger charge is -2.42. The number of rotatable bonds is 6. The number of benzene rings is 2. The SMILES string of the molecule is CCOC(=O)C1=C(CN2CCN(C(=O)c3ccc(F)cc3)[C@H](C)C2)N(C)C(=O)N[C@@H]1c1ccccc1F. The summed E-state index contributed by atoms with van der Waals surface area (Å²) in [4.78, 5) is 44.1. The quantitative estimate of drug-likeness (QED) is 0.601. The number of nitrogens with one attached hydrogen (secondary N) is 1. The summed E-state index contributed by atoms with van der Waals surface area (Å²) < 4.78 is 33.3. The third kappa shape index (κ3) is 5.48. The van der Waals surface area contributed by atoms with Gasteiger partial charge < -0.3 is 15.0 Å². The van der Waals surface area contributed by atoms with Gasteiger partial charge in [-0.2, -0.15) is 0 Å². The van der Waals surface area contributed by atoms with Crippen LogP contribution in [0.15, 0.2) is 59.8 Å². The number of amides is 3. The highest BCUT2D eigenvalue weighted by atomic mass is 19.1. The Labute approximate surface area is 214 Å². The van der Waals surface area contributed by atoms with Crippen LogP contribution in [0.1, 0.15) is 35.8 Å². The molecule has 2 atom stereocenters. The first-order chi connectivity index (χ1) is 17.7. The number of hydrogen-bond acceptors (Lipinski definition) is 5. The van der Waals surface area contributed by atoms with Gasteiger partial charge in [-0.05, 0) is 44.2 Å². The Morgan fingerprint density at radius 1 is 1.08 bits per heavy atom. The molecule has 2 aromatic carbocycles. The van der Waals surface area contributed by atoms with Gasteiger partial charge in [0, 0.05) is 56.1 Å². The van der Waals surface area contributed by atoms with Crippen LogP contribution in [0.5, 0.6) is 0 Å². The fourth-order valence-corrected chi connectivity index (χ4v) is 4.79. The van der Waals surface area contributed by atoms with Crippen molar-refractivity contribution in [2.45, 2.75) is 25.9 Å². The molecule has 2 aliphatic heterocycles. The molecule has 2 aromatic rings. The monoisotopic (exact) mass is 512 g/mol. The Hall–Kier alpha value is -3.79. The van der Waals surface area contributed by atoms with Crippen molar-refractivity contribution >= 4 is 17.9 Å². The van der Waals surface area contributed by atoms with E-state index in [1.807, 2.05) is 11.8 Å². The van der Waals surface area contributed by atoms with Crippen molar-refractivity contribution in [3.63, 3.8) is 0 Å². The van der Waals surface area contributed by atoms with Gasteiger partial charge in [0.25, 0.3) is 5.91 Å². The average Bonchev–Trinajstić information content (AvgIpc) is 2.87. The van der Waals surface area contributed by atoms with E-state index in [1.54, 1.807) is 31.0 Å². The summed E-state index contributed by atoms with van der Waals surface area (Å²) >= 11 is 0. The van der Waals surface area contributed by atoms with Gasteiger partial charge in [-0.15, -0.1) is 0 Å². The van der Waals surface area contributed by atoms with Crippen LogP contribution in [0, 0.1) is 11.6 Å². The molecule has 37 heavy (non-hydrogen) atoms. The second kappa shape index (κ2) is 11.1. The molecule has 0 aliphatic carbocycles. The third-order valence-corrected chi connectivity index (χ3v) is 6.73. The topological polar surface area (TPSA) is 82.2 Å². The van der Waals surface area contributed by atoms with Crippen molar-refractivity contribution in [1.29, 1.82) is 0 Å². The van der Waals surface area contributed by atoms with Gasteiger partial charge in [-0.25, -0.2) is 18.4 Å². The lowest BCUT2D eigenvalue weighted by atomic mass is 9.93. The molecule has 0 radical (unpaired) electrons. The zero-order valence-corrected chi connectivity index (χ0v) is 21.0. The first kappa shape index (κ1) is 26.3. The van der Waals surface area contributed by atoms with Crippen molar-refractivity contribution in [2.75, 3.05) is 39.8 Å². The second-order valence-electron chi connectivity index (χ2n) is 9.13. The molecule has 2 heterocycles. The number of halogens is 2. The minimum atomic E-state index is -1.00. The molecule has 1 saturated heterocycles. The largest absolute Gasteiger partial charge is 0.463 e. The van der Waals surface area contributed by atoms with E-state index >= 15 is 0 Å². The first-order valence-electron chi connectivity index (χ1n) is 12.2. The fourth-order valence-electron chi connectivity index (χ4n) is 4.79. The number of esters is 1. The average molecular weight is 513 g/mol. The van der Waals surface area contributed by atoms with Crippen LogP contribution in [0.3, 0.4) is 0 Å². The number of piperazine rings is 1. The van der Waals surface area contributed by atoms with Crippen molar-refractivity contribution in [3.8, 4) is 0 Å². The molecule has 0 saturated carbocycles. The van der Waals surface area contributed by atoms with Gasteiger partial charge in [0.1, 0.15) is 11.6 Å². The molecule has 4 rings (SSSR count). The minimum Gasteiger partial charge on any atom is -0.463 e. The summed E-state index contributed by atoms with van der Waals surface area (Å²) in [7, 11) is 1.55. The van der Waals surface area contributed by atoms with E-state index in [4.69, 9.17) is 4.74 Å². The van der Waals surface area contributed by atoms with Crippen LogP contribution < -0.4 is 5.32 Å². The van der Waals surface area contributed by atoms with Crippen molar-refractivity contribution in [3.05, 3.63) is 82.6 Å². The van der Waals surface area contributed by atoms with Crippen molar-refractivity contribution in [2.24, 2.45) is 0 Å². The molecule has 3 amide bonds. The van der Waals surface area contributed by atoms with Gasteiger partial charge in [-0.1, -0.05) is 18.2 Å². The summed E-state index contributed by atoms with van der Waals surface area (Å²) in [6.07, 6.45) is 0. The molecule has 8 nitrogen and oxygen atoms in total. The van der Waals surface area contributed by atoms with Gasteiger partial charge in [0.05, 0.1) is 18.2 Å². The van der Waals surface area contributed by atoms with E-state index in [-0.39, 0.29) is 36.2 Å². The number of carbonyl (C=O) groups is 3. The van der Waals surface area contributed by atoms with Crippen LogP contribution in [0.2, 0.25) is 0 Å². The van der Waals surface area contributed by atoms with Crippen LogP contribution >= 0.6 is 0 Å². The van der Waals surface area contributed by atoms with Gasteiger partial charge in [0.2, 0.25) is 0 Å². The van der Waals surface area contributed by atoms with Gasteiger partial charge in [-0.3, -0.25) is 14.6 Å². The van der Waals surface area contributed by atoms with Crippen molar-refractivity contribution in [1.82, 2.24) is 20.0 Å². The number of nitrogens with zero attached hydrogens (tertiary/aromatic N) is 3. The molecule has 0 spiro atoms. The second-order valence-corrected chi connectivity index (χ2v) is 9.13. The number of carbonyl (C=O) groups excluding carboxylic acids is 3. The number of urea groups is 1. The summed E-state index contributed by atoms with van der Waals surface area (Å²) in [5, 5.41) is 2.72. The van der Waals surface area contributed by atoms with Crippen LogP contribution in [-0.2, 0) is 9.53 Å². The highest BCUT2D eigenvalue weighted by molar-refractivity contribution is 5.95. The number of likely N-dealkylation sites (N-methyl/N-ethyl adjacent to an activating group) is 1. The maximum absolute atomic E-state index is 14.7. The lowest BCUT2D eigenvalue weighted by Crippen LogP contribution is -2.56. The van der Waals surface area contributed by atoms with E-state index < -0.39 is 29.7 Å². The van der Waals surface area contributed by atoms with Crippen molar-refractivity contribution < 1.29 is 27.9 Å². The molecular formula is C27H30F2N4O4. The van der Waals surface area contributed by atoms with E-state index in [0.29, 0.717) is 30.9 Å². The number of ether oxygens (including phenoxy) is 1. The maximum Gasteiger partial charge on any atom is 0.338 e. The zero-order valence-electron chi connectivity index (χ0n) is 21.0. The summed E-state index contributed by atoms with van der Waals surface area (Å²) in [6.45, 7) is 5.31. The molecule has 2 aliphatic rings. The smallest absolute Gasteiger partial charge is 0.338 e. The number of hydrogen-bond donors (Lipinski definition) is 1. The Morgan fingerprint density at radius 2 is 1.78 bits per heavy atom. The standard InChI is InChI=1S/C27H30F2N4O4/c1-4-37-26(35)23-22(31(3)27(36)30-24(23)20-7-5-6-8-21(20)29)16-32-13-14-33(17(2)15-32)25(34)18-9-11-19(28)12-10-18/h5-12,17,24H,4,13-16H2,1-3H3,(H,30,36)/t17-,24-/m1/s1. The Morgan fingerprint density at radius 3 is 2.43 bits per heavy atom. The highest BCUT2D eigenvalue weighted by Gasteiger charge is 2.39. The minimum absolute atomic E-state index is 0.123. The van der Waals surface area contributed by atoms with E-state index in [2.05, 4.69) is 5.32 Å². The zero-order chi connectivity index (χ0) is 26.7. The van der Waals surface area contributed by atoms with Gasteiger partial charge in [0.15, 0.2) is 0 Å². The van der Waals surface area contributed by atoms with Crippen LogP contribution in [-0.4, -0.2) is 78.5 Å². The predicted octanol–water partition coefficient (Wildman–Crippen LogP) is 3.32. The molecule has 0 aromatic heterocycles. The fraction of sp³-hybridized carbons (Fsp3) is 0.370. The third-order valence-electron chi connectivity index (χ3n) is 6.73. The first-order valence-corrected chi connectivity index (χ1v) is 12.2. The molecule has 1 N–H and O–H groups in total. The van der Waals surface area contributed by atoms with Crippen LogP contribution in [0.4, 0.5) is 13.6 Å². The molecule has 0 unspecified atom stereocenters. The Kier molecular flexibility index (Phi) is 7.87. The van der Waals surface area contributed by atoms with E-state index in [0.717, 1.165) is 0 Å². The molecule has 0 bridgehead atoms. The predicted molar refractivity (Wildman–Crippen MR) is 132 cm³/mol. The molecule has 196 valence electrons. The maximum atomic E-state index is 14.7. The summed E-state index contributed by atoms with van der Waals surface area (Å²) in [5.41, 5.74) is 1.17. The highest BCUT2D eigenvalue weighted by Crippen LogP contribution is 2.33. The van der Waals surface area contributed by atoms with Crippen LogP contribution in [0.25, 0.3) is 0 Å². The summed E-state index contributed by atoms with van der Waals surface area (Å²) in [6, 6.07) is 9.79. The molecule has 1 fully saturated rings. The molecular weight excluding hydrogens is 482 g/mol. The van der Waals surface area contributed by atoms with Gasteiger partial charge >= 0.3 is 12.0 Å². The molecule has 10 heteroatoms. The Balaban J connectivity index is 1.60. The van der Waals surface area contributed by atoms with E-state index in [9.17, 15) is 23.2 Å². The van der Waals surface area contributed by atoms with E-state index in [1.165, 1.54) is 41.3 Å². The lowest BCUT2D eigenvalue weighted by molar-refractivity contribution is -0.139. The Bertz CT molecular complexity index is 1220. The normalized spacial score (nSPS) is 20.6. The summed E-state index contributed by atoms with van der Waals surface area (Å²) in [5.74, 6) is -1.77.